The van der Waals surface area contributed by atoms with Crippen molar-refractivity contribution in [2.75, 3.05) is 26.2 Å². The van der Waals surface area contributed by atoms with Crippen molar-refractivity contribution in [2.45, 2.75) is 25.7 Å². The summed E-state index contributed by atoms with van der Waals surface area (Å²) in [6, 6.07) is 0. The van der Waals surface area contributed by atoms with E-state index in [0.29, 0.717) is 19.4 Å². The zero-order valence-electron chi connectivity index (χ0n) is 10.0. The van der Waals surface area contributed by atoms with E-state index in [-0.39, 0.29) is 17.7 Å². The third-order valence-electron chi connectivity index (χ3n) is 3.48. The molecule has 2 heterocycles. The van der Waals surface area contributed by atoms with Crippen molar-refractivity contribution in [1.29, 1.82) is 0 Å². The van der Waals surface area contributed by atoms with Crippen LogP contribution in [0.4, 0.5) is 0 Å². The second kappa shape index (κ2) is 5.22. The quantitative estimate of drug-likeness (QED) is 0.664. The Morgan fingerprint density at radius 2 is 2.00 bits per heavy atom. The second-order valence-corrected chi connectivity index (χ2v) is 4.75. The molecule has 0 aliphatic carbocycles. The molecule has 2 saturated heterocycles. The number of carbonyl (C=O) groups excluding carboxylic acids is 2. The lowest BCUT2D eigenvalue weighted by atomic mass is 10.1. The Morgan fingerprint density at radius 3 is 2.59 bits per heavy atom. The van der Waals surface area contributed by atoms with Gasteiger partial charge in [0.2, 0.25) is 11.8 Å². The van der Waals surface area contributed by atoms with E-state index in [9.17, 15) is 9.59 Å². The molecular weight excluding hydrogens is 216 g/mol. The highest BCUT2D eigenvalue weighted by molar-refractivity contribution is 5.79. The molecule has 1 atom stereocenters. The smallest absolute Gasteiger partial charge is 0.223 e. The summed E-state index contributed by atoms with van der Waals surface area (Å²) >= 11 is 0. The molecule has 92 valence electrons. The molecule has 4 nitrogen and oxygen atoms in total. The first-order valence-corrected chi connectivity index (χ1v) is 6.22. The van der Waals surface area contributed by atoms with Crippen LogP contribution in [0.1, 0.15) is 25.7 Å². The van der Waals surface area contributed by atoms with E-state index in [2.05, 4.69) is 5.92 Å². The Hall–Kier alpha value is -1.50. The fourth-order valence-corrected chi connectivity index (χ4v) is 2.49. The summed E-state index contributed by atoms with van der Waals surface area (Å²) in [4.78, 5) is 26.7. The second-order valence-electron chi connectivity index (χ2n) is 4.75. The van der Waals surface area contributed by atoms with Crippen LogP contribution in [0.5, 0.6) is 0 Å². The van der Waals surface area contributed by atoms with Crippen LogP contribution in [0.15, 0.2) is 0 Å². The summed E-state index contributed by atoms with van der Waals surface area (Å²) < 4.78 is 0. The summed E-state index contributed by atoms with van der Waals surface area (Å²) in [6.07, 6.45) is 8.32. The van der Waals surface area contributed by atoms with Gasteiger partial charge in [-0.05, 0) is 12.8 Å². The van der Waals surface area contributed by atoms with Crippen LogP contribution in [-0.4, -0.2) is 47.8 Å². The van der Waals surface area contributed by atoms with Gasteiger partial charge < -0.3 is 9.80 Å². The Labute approximate surface area is 102 Å². The standard InChI is InChI=1S/C13H18N2O2/c1-2-11-9-13(17)15(10-11)8-4-7-14-6-3-5-12(14)16/h1,11H,3-10H2. The van der Waals surface area contributed by atoms with Gasteiger partial charge in [-0.15, -0.1) is 12.3 Å². The van der Waals surface area contributed by atoms with Crippen molar-refractivity contribution in [3.8, 4) is 12.3 Å². The normalized spacial score (nSPS) is 24.5. The summed E-state index contributed by atoms with van der Waals surface area (Å²) in [7, 11) is 0. The molecular formula is C13H18N2O2. The fourth-order valence-electron chi connectivity index (χ4n) is 2.49. The van der Waals surface area contributed by atoms with Gasteiger partial charge in [-0.3, -0.25) is 9.59 Å². The summed E-state index contributed by atoms with van der Waals surface area (Å²) in [5.41, 5.74) is 0. The van der Waals surface area contributed by atoms with Gasteiger partial charge in [0.15, 0.2) is 0 Å². The Balaban J connectivity index is 1.70. The van der Waals surface area contributed by atoms with Crippen LogP contribution in [0.25, 0.3) is 0 Å². The van der Waals surface area contributed by atoms with Crippen LogP contribution in [0.3, 0.4) is 0 Å². The Bertz CT molecular complexity index is 359. The number of hydrogen-bond acceptors (Lipinski definition) is 2. The topological polar surface area (TPSA) is 40.6 Å². The molecule has 2 rings (SSSR count). The minimum Gasteiger partial charge on any atom is -0.343 e. The van der Waals surface area contributed by atoms with E-state index in [1.165, 1.54) is 0 Å². The predicted molar refractivity (Wildman–Crippen MR) is 64.0 cm³/mol. The average Bonchev–Trinajstić information content (AvgIpc) is 2.87. The number of terminal acetylenes is 1. The third-order valence-corrected chi connectivity index (χ3v) is 3.48. The van der Waals surface area contributed by atoms with Crippen molar-refractivity contribution in [3.05, 3.63) is 0 Å². The average molecular weight is 234 g/mol. The maximum atomic E-state index is 11.6. The van der Waals surface area contributed by atoms with Gasteiger partial charge in [-0.2, -0.15) is 0 Å². The molecule has 2 aliphatic rings. The molecule has 17 heavy (non-hydrogen) atoms. The molecule has 0 aromatic rings. The number of amides is 2. The number of carbonyl (C=O) groups is 2. The molecule has 0 saturated carbocycles. The van der Waals surface area contributed by atoms with Crippen LogP contribution in [0, 0.1) is 18.3 Å². The SMILES string of the molecule is C#CC1CC(=O)N(CCCN2CCCC2=O)C1. The first-order valence-electron chi connectivity index (χ1n) is 6.22. The van der Waals surface area contributed by atoms with E-state index in [0.717, 1.165) is 32.5 Å². The summed E-state index contributed by atoms with van der Waals surface area (Å²) in [6.45, 7) is 3.05. The van der Waals surface area contributed by atoms with Crippen molar-refractivity contribution in [2.24, 2.45) is 5.92 Å². The van der Waals surface area contributed by atoms with Gasteiger partial charge >= 0.3 is 0 Å². The van der Waals surface area contributed by atoms with E-state index in [1.807, 2.05) is 9.80 Å². The monoisotopic (exact) mass is 234 g/mol. The van der Waals surface area contributed by atoms with E-state index >= 15 is 0 Å². The molecule has 0 radical (unpaired) electrons. The largest absolute Gasteiger partial charge is 0.343 e. The van der Waals surface area contributed by atoms with E-state index in [4.69, 9.17) is 6.42 Å². The van der Waals surface area contributed by atoms with Crippen molar-refractivity contribution in [1.82, 2.24) is 9.80 Å². The lowest BCUT2D eigenvalue weighted by Gasteiger charge is -2.19. The molecule has 0 bridgehead atoms. The highest BCUT2D eigenvalue weighted by atomic mass is 16.2. The van der Waals surface area contributed by atoms with Crippen molar-refractivity contribution >= 4 is 11.8 Å². The number of nitrogens with zero attached hydrogens (tertiary/aromatic N) is 2. The Morgan fingerprint density at radius 1 is 1.24 bits per heavy atom. The van der Waals surface area contributed by atoms with Gasteiger partial charge in [0.1, 0.15) is 0 Å². The zero-order chi connectivity index (χ0) is 12.3. The van der Waals surface area contributed by atoms with Gasteiger partial charge in [-0.1, -0.05) is 0 Å². The fraction of sp³-hybridized carbons (Fsp3) is 0.692. The minimum absolute atomic E-state index is 0.0796. The molecule has 1 unspecified atom stereocenters. The molecule has 0 N–H and O–H groups in total. The van der Waals surface area contributed by atoms with Crippen molar-refractivity contribution < 1.29 is 9.59 Å². The van der Waals surface area contributed by atoms with Gasteiger partial charge in [-0.25, -0.2) is 0 Å². The third kappa shape index (κ3) is 2.79. The number of rotatable bonds is 4. The summed E-state index contributed by atoms with van der Waals surface area (Å²) in [5.74, 6) is 3.12. The maximum absolute atomic E-state index is 11.6. The lowest BCUT2D eigenvalue weighted by molar-refractivity contribution is -0.128. The molecule has 4 heteroatoms. The zero-order valence-corrected chi connectivity index (χ0v) is 10.0. The molecule has 2 aliphatic heterocycles. The molecule has 0 aromatic heterocycles. The van der Waals surface area contributed by atoms with Gasteiger partial charge in [0.05, 0.1) is 0 Å². The molecule has 0 spiro atoms. The van der Waals surface area contributed by atoms with Crippen LogP contribution in [0.2, 0.25) is 0 Å². The Kier molecular flexibility index (Phi) is 3.68. The maximum Gasteiger partial charge on any atom is 0.223 e. The highest BCUT2D eigenvalue weighted by Gasteiger charge is 2.28. The first kappa shape index (κ1) is 12.0. The van der Waals surface area contributed by atoms with Gasteiger partial charge in [0.25, 0.3) is 0 Å². The number of hydrogen-bond donors (Lipinski definition) is 0. The first-order chi connectivity index (χ1) is 8.20. The predicted octanol–water partition coefficient (Wildman–Crippen LogP) is 0.481. The summed E-state index contributed by atoms with van der Waals surface area (Å²) in [5, 5.41) is 0. The van der Waals surface area contributed by atoms with Crippen LogP contribution >= 0.6 is 0 Å². The minimum atomic E-state index is 0.0796. The lowest BCUT2D eigenvalue weighted by Crippen LogP contribution is -2.31. The number of likely N-dealkylation sites (tertiary alicyclic amines) is 2. The highest BCUT2D eigenvalue weighted by Crippen LogP contribution is 2.17. The van der Waals surface area contributed by atoms with Crippen LogP contribution in [-0.2, 0) is 9.59 Å². The molecule has 2 fully saturated rings. The molecule has 0 aromatic carbocycles. The van der Waals surface area contributed by atoms with E-state index in [1.54, 1.807) is 0 Å². The van der Waals surface area contributed by atoms with Crippen molar-refractivity contribution in [3.63, 3.8) is 0 Å². The van der Waals surface area contributed by atoms with Crippen LogP contribution < -0.4 is 0 Å². The van der Waals surface area contributed by atoms with E-state index < -0.39 is 0 Å². The van der Waals surface area contributed by atoms with Gasteiger partial charge in [0, 0.05) is 44.9 Å². The molecule has 2 amide bonds.